The number of amides is 2. The van der Waals surface area contributed by atoms with Crippen LogP contribution in [0.2, 0.25) is 0 Å². The molecule has 0 radical (unpaired) electrons. The van der Waals surface area contributed by atoms with Gasteiger partial charge in [0.2, 0.25) is 0 Å². The number of carboxylic acid groups (broad SMARTS) is 1. The minimum Gasteiger partial charge on any atom is -0.480 e. The highest BCUT2D eigenvalue weighted by atomic mass is 16.4. The Morgan fingerprint density at radius 1 is 1.05 bits per heavy atom. The van der Waals surface area contributed by atoms with Crippen molar-refractivity contribution in [1.29, 1.82) is 0 Å². The van der Waals surface area contributed by atoms with Crippen molar-refractivity contribution in [3.63, 3.8) is 0 Å². The Bertz CT molecular complexity index is 306. The van der Waals surface area contributed by atoms with Gasteiger partial charge in [0.25, 0.3) is 0 Å². The lowest BCUT2D eigenvalue weighted by Crippen LogP contribution is -2.48. The number of aliphatic carboxylic acids is 1. The quantitative estimate of drug-likeness (QED) is 0.699. The minimum absolute atomic E-state index is 0.220. The zero-order valence-corrected chi connectivity index (χ0v) is 13.4. The summed E-state index contributed by atoms with van der Waals surface area (Å²) in [5, 5.41) is 8.95. The summed E-state index contributed by atoms with van der Waals surface area (Å²) in [6.07, 6.45) is 0.899. The number of nitrogens with zero attached hydrogens (tertiary/aromatic N) is 3. The molecule has 0 aromatic carbocycles. The fraction of sp³-hybridized carbons (Fsp3) is 0.857. The molecule has 0 aliphatic rings. The van der Waals surface area contributed by atoms with Crippen LogP contribution in [0, 0.1) is 0 Å². The Hall–Kier alpha value is -1.30. The van der Waals surface area contributed by atoms with E-state index in [9.17, 15) is 9.59 Å². The van der Waals surface area contributed by atoms with Gasteiger partial charge in [0.05, 0.1) is 0 Å². The predicted octanol–water partition coefficient (Wildman–Crippen LogP) is 1.57. The van der Waals surface area contributed by atoms with Crippen molar-refractivity contribution >= 4 is 12.0 Å². The molecule has 0 spiro atoms. The maximum Gasteiger partial charge on any atom is 0.326 e. The van der Waals surface area contributed by atoms with E-state index in [1.54, 1.807) is 4.90 Å². The van der Waals surface area contributed by atoms with Gasteiger partial charge in [0.15, 0.2) is 0 Å². The SMILES string of the molecule is CCN(CC)CCCN(CC)C(=O)N(C)C(C)C(=O)O. The lowest BCUT2D eigenvalue weighted by molar-refractivity contribution is -0.141. The van der Waals surface area contributed by atoms with E-state index in [0.29, 0.717) is 13.1 Å². The number of hydrogen-bond acceptors (Lipinski definition) is 3. The summed E-state index contributed by atoms with van der Waals surface area (Å²) in [5.41, 5.74) is 0. The van der Waals surface area contributed by atoms with Gasteiger partial charge in [-0.15, -0.1) is 0 Å². The van der Waals surface area contributed by atoms with Crippen molar-refractivity contribution in [3.05, 3.63) is 0 Å². The van der Waals surface area contributed by atoms with E-state index in [0.717, 1.165) is 26.1 Å². The first kappa shape index (κ1) is 18.7. The fourth-order valence-corrected chi connectivity index (χ4v) is 1.97. The highest BCUT2D eigenvalue weighted by Crippen LogP contribution is 2.04. The number of carbonyl (C=O) groups excluding carboxylic acids is 1. The highest BCUT2D eigenvalue weighted by Gasteiger charge is 2.25. The highest BCUT2D eigenvalue weighted by molar-refractivity contribution is 5.82. The summed E-state index contributed by atoms with van der Waals surface area (Å²) in [4.78, 5) is 28.4. The second kappa shape index (κ2) is 9.58. The molecule has 0 saturated heterocycles. The molecule has 0 saturated carbocycles. The van der Waals surface area contributed by atoms with Crippen molar-refractivity contribution in [2.45, 2.75) is 40.2 Å². The topological polar surface area (TPSA) is 64.1 Å². The van der Waals surface area contributed by atoms with Crippen LogP contribution in [0.3, 0.4) is 0 Å². The van der Waals surface area contributed by atoms with E-state index in [2.05, 4.69) is 18.7 Å². The van der Waals surface area contributed by atoms with E-state index in [1.165, 1.54) is 18.9 Å². The van der Waals surface area contributed by atoms with Gasteiger partial charge in [0.1, 0.15) is 6.04 Å². The second-order valence-corrected chi connectivity index (χ2v) is 4.87. The lowest BCUT2D eigenvalue weighted by atomic mass is 10.3. The molecular formula is C14H29N3O3. The molecule has 6 nitrogen and oxygen atoms in total. The standard InChI is InChI=1S/C14H29N3O3/c1-6-16(7-2)10-9-11-17(8-3)14(20)15(5)12(4)13(18)19/h12H,6-11H2,1-5H3,(H,18,19). The number of likely N-dealkylation sites (N-methyl/N-ethyl adjacent to an activating group) is 1. The summed E-state index contributed by atoms with van der Waals surface area (Å²) in [6, 6.07) is -1.03. The first-order valence-corrected chi connectivity index (χ1v) is 7.35. The van der Waals surface area contributed by atoms with Crippen molar-refractivity contribution in [2.24, 2.45) is 0 Å². The molecule has 2 amide bonds. The molecule has 0 aliphatic carbocycles. The maximum atomic E-state index is 12.2. The van der Waals surface area contributed by atoms with E-state index >= 15 is 0 Å². The van der Waals surface area contributed by atoms with E-state index < -0.39 is 12.0 Å². The Labute approximate surface area is 122 Å². The Kier molecular flexibility index (Phi) is 8.96. The smallest absolute Gasteiger partial charge is 0.326 e. The summed E-state index contributed by atoms with van der Waals surface area (Å²) in [6.45, 7) is 11.9. The van der Waals surface area contributed by atoms with Gasteiger partial charge in [-0.25, -0.2) is 9.59 Å². The second-order valence-electron chi connectivity index (χ2n) is 4.87. The first-order chi connectivity index (χ1) is 9.38. The van der Waals surface area contributed by atoms with Crippen LogP contribution in [0.25, 0.3) is 0 Å². The van der Waals surface area contributed by atoms with Crippen molar-refractivity contribution in [3.8, 4) is 0 Å². The molecule has 0 fully saturated rings. The summed E-state index contributed by atoms with van der Waals surface area (Å²) in [7, 11) is 1.54. The van der Waals surface area contributed by atoms with Crippen molar-refractivity contribution in [1.82, 2.24) is 14.7 Å². The Morgan fingerprint density at radius 2 is 1.60 bits per heavy atom. The lowest BCUT2D eigenvalue weighted by Gasteiger charge is -2.30. The molecule has 20 heavy (non-hydrogen) atoms. The van der Waals surface area contributed by atoms with Crippen LogP contribution in [-0.2, 0) is 4.79 Å². The van der Waals surface area contributed by atoms with Crippen LogP contribution in [-0.4, -0.2) is 77.6 Å². The molecule has 118 valence electrons. The van der Waals surface area contributed by atoms with Gasteiger partial charge >= 0.3 is 12.0 Å². The Balaban J connectivity index is 4.38. The van der Waals surface area contributed by atoms with Gasteiger partial charge in [-0.1, -0.05) is 13.8 Å². The molecule has 0 aromatic rings. The predicted molar refractivity (Wildman–Crippen MR) is 79.9 cm³/mol. The molecule has 1 unspecified atom stereocenters. The molecular weight excluding hydrogens is 258 g/mol. The van der Waals surface area contributed by atoms with Crippen LogP contribution in [0.5, 0.6) is 0 Å². The molecule has 0 heterocycles. The molecule has 0 aromatic heterocycles. The first-order valence-electron chi connectivity index (χ1n) is 7.35. The molecule has 0 aliphatic heterocycles. The number of rotatable bonds is 9. The summed E-state index contributed by atoms with van der Waals surface area (Å²) < 4.78 is 0. The normalized spacial score (nSPS) is 12.3. The fourth-order valence-electron chi connectivity index (χ4n) is 1.97. The Morgan fingerprint density at radius 3 is 2.00 bits per heavy atom. The average Bonchev–Trinajstić information content (AvgIpc) is 2.45. The largest absolute Gasteiger partial charge is 0.480 e. The van der Waals surface area contributed by atoms with Crippen molar-refractivity contribution < 1.29 is 14.7 Å². The van der Waals surface area contributed by atoms with Gasteiger partial charge in [0, 0.05) is 20.1 Å². The van der Waals surface area contributed by atoms with E-state index in [-0.39, 0.29) is 6.03 Å². The summed E-state index contributed by atoms with van der Waals surface area (Å²) >= 11 is 0. The van der Waals surface area contributed by atoms with Crippen LogP contribution in [0.4, 0.5) is 4.79 Å². The van der Waals surface area contributed by atoms with E-state index in [1.807, 2.05) is 6.92 Å². The van der Waals surface area contributed by atoms with Gasteiger partial charge in [-0.05, 0) is 39.9 Å². The summed E-state index contributed by atoms with van der Waals surface area (Å²) in [5.74, 6) is -0.986. The molecule has 6 heteroatoms. The third kappa shape index (κ3) is 5.77. The van der Waals surface area contributed by atoms with Crippen LogP contribution in [0.15, 0.2) is 0 Å². The molecule has 0 rings (SSSR count). The number of carboxylic acids is 1. The van der Waals surface area contributed by atoms with Crippen LogP contribution in [0.1, 0.15) is 34.1 Å². The third-order valence-corrected chi connectivity index (χ3v) is 3.69. The monoisotopic (exact) mass is 287 g/mol. The van der Waals surface area contributed by atoms with Gasteiger partial charge in [-0.2, -0.15) is 0 Å². The molecule has 1 N–H and O–H groups in total. The number of hydrogen-bond donors (Lipinski definition) is 1. The number of urea groups is 1. The van der Waals surface area contributed by atoms with Crippen molar-refractivity contribution in [2.75, 3.05) is 39.8 Å². The third-order valence-electron chi connectivity index (χ3n) is 3.69. The molecule has 1 atom stereocenters. The minimum atomic E-state index is -0.986. The zero-order valence-electron chi connectivity index (χ0n) is 13.4. The van der Waals surface area contributed by atoms with Crippen LogP contribution >= 0.6 is 0 Å². The van der Waals surface area contributed by atoms with Gasteiger partial charge in [-0.3, -0.25) is 0 Å². The van der Waals surface area contributed by atoms with Crippen LogP contribution < -0.4 is 0 Å². The maximum absolute atomic E-state index is 12.2. The molecule has 0 bridgehead atoms. The van der Waals surface area contributed by atoms with E-state index in [4.69, 9.17) is 5.11 Å². The average molecular weight is 287 g/mol. The van der Waals surface area contributed by atoms with Gasteiger partial charge < -0.3 is 19.8 Å². The number of carbonyl (C=O) groups is 2. The zero-order chi connectivity index (χ0) is 15.7.